The first-order valence-electron chi connectivity index (χ1n) is 7.60. The number of hydrogen-bond acceptors (Lipinski definition) is 4. The zero-order valence-electron chi connectivity index (χ0n) is 12.2. The Morgan fingerprint density at radius 1 is 1.30 bits per heavy atom. The Morgan fingerprint density at radius 3 is 2.80 bits per heavy atom. The number of alkyl carbamates (subject to hydrolysis) is 1. The first kappa shape index (κ1) is 15.1. The summed E-state index contributed by atoms with van der Waals surface area (Å²) in [5, 5.41) is 6.03. The summed E-state index contributed by atoms with van der Waals surface area (Å²) in [6.45, 7) is 4.87. The van der Waals surface area contributed by atoms with Crippen LogP contribution in [-0.4, -0.2) is 55.7 Å². The van der Waals surface area contributed by atoms with E-state index in [4.69, 9.17) is 4.74 Å². The molecule has 1 aliphatic carbocycles. The van der Waals surface area contributed by atoms with Gasteiger partial charge in [-0.1, -0.05) is 0 Å². The van der Waals surface area contributed by atoms with Gasteiger partial charge < -0.3 is 20.3 Å². The third-order valence-electron chi connectivity index (χ3n) is 3.78. The number of amides is 2. The Bertz CT molecular complexity index is 345. The second kappa shape index (κ2) is 7.47. The van der Waals surface area contributed by atoms with E-state index in [0.29, 0.717) is 19.7 Å². The number of nitrogens with zero attached hydrogens (tertiary/aromatic N) is 1. The van der Waals surface area contributed by atoms with Crippen molar-refractivity contribution < 1.29 is 14.3 Å². The van der Waals surface area contributed by atoms with E-state index in [1.54, 1.807) is 6.92 Å². The van der Waals surface area contributed by atoms with Crippen LogP contribution in [0.25, 0.3) is 0 Å². The molecular formula is C14H25N3O3. The number of ether oxygens (including phenoxy) is 1. The van der Waals surface area contributed by atoms with Crippen molar-refractivity contribution in [3.8, 4) is 0 Å². The van der Waals surface area contributed by atoms with E-state index in [9.17, 15) is 9.59 Å². The van der Waals surface area contributed by atoms with Crippen LogP contribution in [0, 0.1) is 5.92 Å². The van der Waals surface area contributed by atoms with E-state index in [1.807, 2.05) is 4.90 Å². The van der Waals surface area contributed by atoms with Gasteiger partial charge in [0, 0.05) is 19.1 Å². The largest absolute Gasteiger partial charge is 0.450 e. The van der Waals surface area contributed by atoms with Crippen molar-refractivity contribution in [1.82, 2.24) is 15.5 Å². The second-order valence-electron chi connectivity index (χ2n) is 5.62. The molecule has 0 aromatic carbocycles. The number of nitrogens with one attached hydrogen (secondary N) is 2. The molecule has 2 aliphatic rings. The highest BCUT2D eigenvalue weighted by Crippen LogP contribution is 2.27. The zero-order valence-corrected chi connectivity index (χ0v) is 12.2. The molecule has 1 aliphatic heterocycles. The second-order valence-corrected chi connectivity index (χ2v) is 5.62. The third kappa shape index (κ3) is 5.00. The maximum atomic E-state index is 12.1. The fraction of sp³-hybridized carbons (Fsp3) is 0.857. The Labute approximate surface area is 120 Å². The van der Waals surface area contributed by atoms with Gasteiger partial charge >= 0.3 is 6.09 Å². The van der Waals surface area contributed by atoms with Crippen LogP contribution in [-0.2, 0) is 9.53 Å². The zero-order chi connectivity index (χ0) is 14.4. The van der Waals surface area contributed by atoms with Gasteiger partial charge in [-0.2, -0.15) is 0 Å². The molecular weight excluding hydrogens is 258 g/mol. The van der Waals surface area contributed by atoms with Crippen molar-refractivity contribution in [1.29, 1.82) is 0 Å². The molecule has 1 saturated carbocycles. The van der Waals surface area contributed by atoms with Gasteiger partial charge in [-0.15, -0.1) is 0 Å². The summed E-state index contributed by atoms with van der Waals surface area (Å²) in [4.78, 5) is 25.3. The number of carbonyl (C=O) groups is 2. The van der Waals surface area contributed by atoms with Crippen LogP contribution in [0.2, 0.25) is 0 Å². The van der Waals surface area contributed by atoms with Gasteiger partial charge in [0.25, 0.3) is 0 Å². The maximum Gasteiger partial charge on any atom is 0.407 e. The highest BCUT2D eigenvalue weighted by molar-refractivity contribution is 5.78. The van der Waals surface area contributed by atoms with Gasteiger partial charge in [0.15, 0.2) is 0 Å². The lowest BCUT2D eigenvalue weighted by molar-refractivity contribution is -0.131. The highest BCUT2D eigenvalue weighted by Gasteiger charge is 2.25. The molecule has 114 valence electrons. The molecule has 1 atom stereocenters. The molecule has 0 radical (unpaired) electrons. The Hall–Kier alpha value is -1.30. The van der Waals surface area contributed by atoms with Crippen LogP contribution in [0.3, 0.4) is 0 Å². The maximum absolute atomic E-state index is 12.1. The standard InChI is InChI=1S/C14H25N3O3/c1-2-20-14(19)16-12-4-3-7-17(10-12)13(18)9-15-8-11-5-6-11/h11-12,15H,2-10H2,1H3,(H,16,19). The Morgan fingerprint density at radius 2 is 2.10 bits per heavy atom. The molecule has 0 aromatic rings. The predicted molar refractivity (Wildman–Crippen MR) is 75.4 cm³/mol. The van der Waals surface area contributed by atoms with Gasteiger partial charge in [-0.25, -0.2) is 4.79 Å². The fourth-order valence-electron chi connectivity index (χ4n) is 2.48. The van der Waals surface area contributed by atoms with E-state index in [1.165, 1.54) is 12.8 Å². The molecule has 2 amide bonds. The van der Waals surface area contributed by atoms with Crippen LogP contribution < -0.4 is 10.6 Å². The minimum absolute atomic E-state index is 0.00943. The van der Waals surface area contributed by atoms with E-state index in [0.717, 1.165) is 31.8 Å². The molecule has 0 aromatic heterocycles. The molecule has 6 heteroatoms. The van der Waals surface area contributed by atoms with Gasteiger partial charge in [0.1, 0.15) is 0 Å². The van der Waals surface area contributed by atoms with Crippen molar-refractivity contribution in [2.24, 2.45) is 5.92 Å². The van der Waals surface area contributed by atoms with Crippen molar-refractivity contribution in [3.05, 3.63) is 0 Å². The van der Waals surface area contributed by atoms with Crippen LogP contribution >= 0.6 is 0 Å². The minimum Gasteiger partial charge on any atom is -0.450 e. The Kier molecular flexibility index (Phi) is 5.64. The molecule has 1 heterocycles. The van der Waals surface area contributed by atoms with Crippen molar-refractivity contribution in [3.63, 3.8) is 0 Å². The molecule has 2 fully saturated rings. The van der Waals surface area contributed by atoms with Crippen molar-refractivity contribution in [2.75, 3.05) is 32.8 Å². The molecule has 20 heavy (non-hydrogen) atoms. The lowest BCUT2D eigenvalue weighted by Gasteiger charge is -2.33. The number of hydrogen-bond donors (Lipinski definition) is 2. The topological polar surface area (TPSA) is 70.7 Å². The number of rotatable bonds is 6. The number of carbonyl (C=O) groups excluding carboxylic acids is 2. The summed E-state index contributed by atoms with van der Waals surface area (Å²) < 4.78 is 4.87. The highest BCUT2D eigenvalue weighted by atomic mass is 16.5. The summed E-state index contributed by atoms with van der Waals surface area (Å²) in [6.07, 6.45) is 4.01. The monoisotopic (exact) mass is 283 g/mol. The fourth-order valence-corrected chi connectivity index (χ4v) is 2.48. The smallest absolute Gasteiger partial charge is 0.407 e. The third-order valence-corrected chi connectivity index (χ3v) is 3.78. The van der Waals surface area contributed by atoms with Gasteiger partial charge in [-0.3, -0.25) is 4.79 Å². The lowest BCUT2D eigenvalue weighted by atomic mass is 10.1. The van der Waals surface area contributed by atoms with E-state index >= 15 is 0 Å². The summed E-state index contributed by atoms with van der Waals surface area (Å²) in [5.74, 6) is 0.906. The van der Waals surface area contributed by atoms with Crippen molar-refractivity contribution >= 4 is 12.0 Å². The average Bonchev–Trinajstić information content (AvgIpc) is 3.23. The summed E-state index contributed by atoms with van der Waals surface area (Å²) in [7, 11) is 0. The summed E-state index contributed by atoms with van der Waals surface area (Å²) in [6, 6.07) is 0.00943. The quantitative estimate of drug-likeness (QED) is 0.753. The summed E-state index contributed by atoms with van der Waals surface area (Å²) >= 11 is 0. The van der Waals surface area contributed by atoms with E-state index in [-0.39, 0.29) is 11.9 Å². The molecule has 2 rings (SSSR count). The van der Waals surface area contributed by atoms with Crippen LogP contribution in [0.1, 0.15) is 32.6 Å². The number of piperidine rings is 1. The first-order valence-corrected chi connectivity index (χ1v) is 7.60. The Balaban J connectivity index is 1.68. The SMILES string of the molecule is CCOC(=O)NC1CCCN(C(=O)CNCC2CC2)C1. The first-order chi connectivity index (χ1) is 9.69. The molecule has 1 saturated heterocycles. The van der Waals surface area contributed by atoms with E-state index in [2.05, 4.69) is 10.6 Å². The molecule has 2 N–H and O–H groups in total. The summed E-state index contributed by atoms with van der Waals surface area (Å²) in [5.41, 5.74) is 0. The van der Waals surface area contributed by atoms with Crippen LogP contribution in [0.15, 0.2) is 0 Å². The number of likely N-dealkylation sites (tertiary alicyclic amines) is 1. The van der Waals surface area contributed by atoms with Gasteiger partial charge in [-0.05, 0) is 45.1 Å². The average molecular weight is 283 g/mol. The molecule has 6 nitrogen and oxygen atoms in total. The predicted octanol–water partition coefficient (Wildman–Crippen LogP) is 0.723. The molecule has 1 unspecified atom stereocenters. The van der Waals surface area contributed by atoms with Crippen LogP contribution in [0.5, 0.6) is 0 Å². The van der Waals surface area contributed by atoms with Gasteiger partial charge in [0.05, 0.1) is 13.2 Å². The lowest BCUT2D eigenvalue weighted by Crippen LogP contribution is -2.51. The molecule has 0 bridgehead atoms. The van der Waals surface area contributed by atoms with E-state index < -0.39 is 6.09 Å². The minimum atomic E-state index is -0.390. The van der Waals surface area contributed by atoms with Crippen molar-refractivity contribution in [2.45, 2.75) is 38.6 Å². The van der Waals surface area contributed by atoms with Gasteiger partial charge in [0.2, 0.25) is 5.91 Å². The molecule has 0 spiro atoms. The van der Waals surface area contributed by atoms with Crippen LogP contribution in [0.4, 0.5) is 4.79 Å². The normalized spacial score (nSPS) is 22.4.